The molecule has 0 saturated heterocycles. The zero-order valence-electron chi connectivity index (χ0n) is 16.9. The molecule has 2 N–H and O–H groups in total. The van der Waals surface area contributed by atoms with E-state index in [1.807, 2.05) is 48.5 Å². The smallest absolute Gasteiger partial charge is 0.243 e. The third kappa shape index (κ3) is 8.31. The SMILES string of the molecule is COCCOc1ccc(NC(=O)CNc2ccc(OCCC(C)C)cc2)cc1. The number of ether oxygens (including phenoxy) is 3. The van der Waals surface area contributed by atoms with Crippen molar-refractivity contribution in [3.8, 4) is 11.5 Å². The van der Waals surface area contributed by atoms with Crippen LogP contribution in [-0.4, -0.2) is 39.4 Å². The minimum atomic E-state index is -0.120. The molecule has 152 valence electrons. The predicted octanol–water partition coefficient (Wildman–Crippen LogP) is 4.19. The van der Waals surface area contributed by atoms with Crippen LogP contribution in [0.1, 0.15) is 20.3 Å². The van der Waals surface area contributed by atoms with E-state index in [9.17, 15) is 4.79 Å². The number of rotatable bonds is 12. The van der Waals surface area contributed by atoms with Crippen LogP contribution in [0.3, 0.4) is 0 Å². The summed E-state index contributed by atoms with van der Waals surface area (Å²) in [5, 5.41) is 5.96. The maximum absolute atomic E-state index is 12.1. The first kappa shape index (κ1) is 21.6. The van der Waals surface area contributed by atoms with Gasteiger partial charge in [0.1, 0.15) is 18.1 Å². The Kier molecular flexibility index (Phi) is 9.15. The summed E-state index contributed by atoms with van der Waals surface area (Å²) in [4.78, 5) is 12.1. The summed E-state index contributed by atoms with van der Waals surface area (Å²) in [6, 6.07) is 14.9. The number of amides is 1. The van der Waals surface area contributed by atoms with Gasteiger partial charge in [0, 0.05) is 18.5 Å². The minimum absolute atomic E-state index is 0.120. The van der Waals surface area contributed by atoms with E-state index in [1.54, 1.807) is 7.11 Å². The quantitative estimate of drug-likeness (QED) is 0.536. The van der Waals surface area contributed by atoms with Crippen LogP contribution in [-0.2, 0) is 9.53 Å². The number of methoxy groups -OCH3 is 1. The second-order valence-electron chi connectivity index (χ2n) is 6.82. The third-order valence-corrected chi connectivity index (χ3v) is 3.97. The first-order valence-corrected chi connectivity index (χ1v) is 9.55. The van der Waals surface area contributed by atoms with Crippen molar-refractivity contribution in [3.63, 3.8) is 0 Å². The summed E-state index contributed by atoms with van der Waals surface area (Å²) < 4.78 is 16.1. The van der Waals surface area contributed by atoms with Gasteiger partial charge in [0.05, 0.1) is 19.8 Å². The van der Waals surface area contributed by atoms with E-state index >= 15 is 0 Å². The van der Waals surface area contributed by atoms with E-state index in [2.05, 4.69) is 24.5 Å². The molecule has 1 amide bonds. The molecule has 0 spiro atoms. The number of carbonyl (C=O) groups is 1. The Morgan fingerprint density at radius 2 is 1.43 bits per heavy atom. The molecule has 2 rings (SSSR count). The van der Waals surface area contributed by atoms with E-state index in [-0.39, 0.29) is 12.5 Å². The van der Waals surface area contributed by atoms with Crippen molar-refractivity contribution in [2.24, 2.45) is 5.92 Å². The molecule has 2 aromatic carbocycles. The monoisotopic (exact) mass is 386 g/mol. The van der Waals surface area contributed by atoms with Gasteiger partial charge in [-0.2, -0.15) is 0 Å². The van der Waals surface area contributed by atoms with Crippen molar-refractivity contribution in [3.05, 3.63) is 48.5 Å². The normalized spacial score (nSPS) is 10.6. The lowest BCUT2D eigenvalue weighted by atomic mass is 10.1. The van der Waals surface area contributed by atoms with Crippen LogP contribution in [0, 0.1) is 5.92 Å². The maximum Gasteiger partial charge on any atom is 0.243 e. The fourth-order valence-corrected chi connectivity index (χ4v) is 2.35. The third-order valence-electron chi connectivity index (χ3n) is 3.97. The van der Waals surface area contributed by atoms with Crippen molar-refractivity contribution >= 4 is 17.3 Å². The molecule has 0 radical (unpaired) electrons. The average molecular weight is 386 g/mol. The molecule has 0 atom stereocenters. The van der Waals surface area contributed by atoms with Gasteiger partial charge in [0.2, 0.25) is 5.91 Å². The van der Waals surface area contributed by atoms with Gasteiger partial charge in [-0.05, 0) is 60.9 Å². The number of hydrogen-bond donors (Lipinski definition) is 2. The standard InChI is InChI=1S/C22H30N2O4/c1-17(2)12-13-27-20-8-4-18(5-9-20)23-16-22(25)24-19-6-10-21(11-7-19)28-15-14-26-3/h4-11,17,23H,12-16H2,1-3H3,(H,24,25). The lowest BCUT2D eigenvalue weighted by molar-refractivity contribution is -0.114. The number of carbonyl (C=O) groups excluding carboxylic acids is 1. The molecule has 0 unspecified atom stereocenters. The molecule has 0 saturated carbocycles. The molecule has 6 heteroatoms. The highest BCUT2D eigenvalue weighted by Gasteiger charge is 2.04. The van der Waals surface area contributed by atoms with E-state index in [0.29, 0.717) is 25.7 Å². The van der Waals surface area contributed by atoms with Crippen molar-refractivity contribution in [1.29, 1.82) is 0 Å². The summed E-state index contributed by atoms with van der Waals surface area (Å²) in [6.07, 6.45) is 1.03. The highest BCUT2D eigenvalue weighted by atomic mass is 16.5. The van der Waals surface area contributed by atoms with Gasteiger partial charge in [-0.15, -0.1) is 0 Å². The molecule has 0 aliphatic carbocycles. The molecule has 0 aliphatic rings. The molecule has 0 bridgehead atoms. The second kappa shape index (κ2) is 11.9. The van der Waals surface area contributed by atoms with Crippen LogP contribution in [0.5, 0.6) is 11.5 Å². The van der Waals surface area contributed by atoms with E-state index in [0.717, 1.165) is 29.3 Å². The van der Waals surface area contributed by atoms with Crippen LogP contribution in [0.15, 0.2) is 48.5 Å². The van der Waals surface area contributed by atoms with Gasteiger partial charge in [-0.1, -0.05) is 13.8 Å². The molecular formula is C22H30N2O4. The first-order chi connectivity index (χ1) is 13.6. The lowest BCUT2D eigenvalue weighted by Crippen LogP contribution is -2.21. The highest BCUT2D eigenvalue weighted by molar-refractivity contribution is 5.93. The maximum atomic E-state index is 12.1. The van der Waals surface area contributed by atoms with Crippen LogP contribution in [0.2, 0.25) is 0 Å². The molecule has 0 aliphatic heterocycles. The molecule has 2 aromatic rings. The fraction of sp³-hybridized carbons (Fsp3) is 0.409. The molecule has 6 nitrogen and oxygen atoms in total. The number of benzene rings is 2. The highest BCUT2D eigenvalue weighted by Crippen LogP contribution is 2.17. The van der Waals surface area contributed by atoms with Gasteiger partial charge in [-0.25, -0.2) is 0 Å². The zero-order chi connectivity index (χ0) is 20.2. The van der Waals surface area contributed by atoms with E-state index < -0.39 is 0 Å². The van der Waals surface area contributed by atoms with Crippen molar-refractivity contribution in [1.82, 2.24) is 0 Å². The fourth-order valence-electron chi connectivity index (χ4n) is 2.35. The summed E-state index contributed by atoms with van der Waals surface area (Å²) >= 11 is 0. The Morgan fingerprint density at radius 1 is 0.857 bits per heavy atom. The number of hydrogen-bond acceptors (Lipinski definition) is 5. The van der Waals surface area contributed by atoms with Gasteiger partial charge in [0.25, 0.3) is 0 Å². The Morgan fingerprint density at radius 3 is 2.00 bits per heavy atom. The lowest BCUT2D eigenvalue weighted by Gasteiger charge is -2.11. The molecule has 0 fully saturated rings. The van der Waals surface area contributed by atoms with Crippen molar-refractivity contribution < 1.29 is 19.0 Å². The Hall–Kier alpha value is -2.73. The Bertz CT molecular complexity index is 699. The first-order valence-electron chi connectivity index (χ1n) is 9.55. The Labute approximate surface area is 167 Å². The van der Waals surface area contributed by atoms with Gasteiger partial charge in [-0.3, -0.25) is 4.79 Å². The summed E-state index contributed by atoms with van der Waals surface area (Å²) in [6.45, 7) is 6.27. The van der Waals surface area contributed by atoms with Crippen molar-refractivity contribution in [2.75, 3.05) is 44.1 Å². The van der Waals surface area contributed by atoms with Crippen LogP contribution >= 0.6 is 0 Å². The van der Waals surface area contributed by atoms with E-state index in [4.69, 9.17) is 14.2 Å². The van der Waals surface area contributed by atoms with Gasteiger partial charge < -0.3 is 24.8 Å². The van der Waals surface area contributed by atoms with Crippen LogP contribution < -0.4 is 20.1 Å². The largest absolute Gasteiger partial charge is 0.494 e. The molecule has 28 heavy (non-hydrogen) atoms. The van der Waals surface area contributed by atoms with Crippen LogP contribution in [0.25, 0.3) is 0 Å². The predicted molar refractivity (Wildman–Crippen MR) is 112 cm³/mol. The zero-order valence-corrected chi connectivity index (χ0v) is 16.9. The summed E-state index contributed by atoms with van der Waals surface area (Å²) in [5.41, 5.74) is 1.59. The summed E-state index contributed by atoms with van der Waals surface area (Å²) in [7, 11) is 1.63. The van der Waals surface area contributed by atoms with Gasteiger partial charge in [0.15, 0.2) is 0 Å². The van der Waals surface area contributed by atoms with E-state index in [1.165, 1.54) is 0 Å². The summed E-state index contributed by atoms with van der Waals surface area (Å²) in [5.74, 6) is 2.08. The van der Waals surface area contributed by atoms with Crippen LogP contribution in [0.4, 0.5) is 11.4 Å². The van der Waals surface area contributed by atoms with Crippen molar-refractivity contribution in [2.45, 2.75) is 20.3 Å². The molecule has 0 heterocycles. The molecular weight excluding hydrogens is 356 g/mol. The minimum Gasteiger partial charge on any atom is -0.494 e. The number of nitrogens with one attached hydrogen (secondary N) is 2. The topological polar surface area (TPSA) is 68.8 Å². The molecule has 0 aromatic heterocycles. The Balaban J connectivity index is 1.71. The second-order valence-corrected chi connectivity index (χ2v) is 6.82. The number of anilines is 2. The average Bonchev–Trinajstić information content (AvgIpc) is 2.69. The van der Waals surface area contributed by atoms with Gasteiger partial charge >= 0.3 is 0 Å².